The second kappa shape index (κ2) is 7.82. The molecule has 1 aromatic carbocycles. The molecule has 1 aliphatic rings. The Kier molecular flexibility index (Phi) is 5.81. The van der Waals surface area contributed by atoms with Gasteiger partial charge in [-0.2, -0.15) is 0 Å². The van der Waals surface area contributed by atoms with Crippen molar-refractivity contribution >= 4 is 29.5 Å². The number of carboxylic acids is 1. The van der Waals surface area contributed by atoms with Gasteiger partial charge in [-0.3, -0.25) is 9.59 Å². The van der Waals surface area contributed by atoms with Crippen LogP contribution in [0.25, 0.3) is 0 Å². The summed E-state index contributed by atoms with van der Waals surface area (Å²) in [5.74, 6) is -1.69. The molecule has 7 nitrogen and oxygen atoms in total. The van der Waals surface area contributed by atoms with Crippen LogP contribution < -0.4 is 10.6 Å². The summed E-state index contributed by atoms with van der Waals surface area (Å²) in [6, 6.07) is 6.38. The number of rotatable bonds is 5. The molecule has 0 aliphatic carbocycles. The fourth-order valence-corrected chi connectivity index (χ4v) is 2.57. The highest BCUT2D eigenvalue weighted by Crippen LogP contribution is 2.16. The number of benzene rings is 1. The molecule has 1 fully saturated rings. The van der Waals surface area contributed by atoms with Crippen LogP contribution in [0.2, 0.25) is 5.02 Å². The highest BCUT2D eigenvalue weighted by molar-refractivity contribution is 6.33. The van der Waals surface area contributed by atoms with E-state index < -0.39 is 11.9 Å². The Balaban J connectivity index is 1.69. The fourth-order valence-electron chi connectivity index (χ4n) is 2.34. The topological polar surface area (TPSA) is 98.7 Å². The van der Waals surface area contributed by atoms with Crippen molar-refractivity contribution in [2.75, 3.05) is 26.2 Å². The number of amides is 3. The molecule has 23 heavy (non-hydrogen) atoms. The molecule has 0 aromatic heterocycles. The van der Waals surface area contributed by atoms with E-state index in [0.717, 1.165) is 0 Å². The van der Waals surface area contributed by atoms with Gasteiger partial charge in [0.1, 0.15) is 0 Å². The van der Waals surface area contributed by atoms with Crippen LogP contribution in [0, 0.1) is 5.92 Å². The fraction of sp³-hybridized carbons (Fsp3) is 0.400. The Hall–Kier alpha value is -2.28. The van der Waals surface area contributed by atoms with Gasteiger partial charge in [0.05, 0.1) is 16.5 Å². The molecule has 1 heterocycles. The first-order chi connectivity index (χ1) is 11.0. The molecular weight excluding hydrogens is 322 g/mol. The van der Waals surface area contributed by atoms with E-state index in [1.54, 1.807) is 24.3 Å². The van der Waals surface area contributed by atoms with Crippen molar-refractivity contribution in [1.29, 1.82) is 0 Å². The number of nitrogens with zero attached hydrogens (tertiary/aromatic N) is 1. The van der Waals surface area contributed by atoms with Crippen molar-refractivity contribution in [1.82, 2.24) is 15.5 Å². The Morgan fingerprint density at radius 1 is 1.22 bits per heavy atom. The van der Waals surface area contributed by atoms with E-state index in [2.05, 4.69) is 10.6 Å². The number of aliphatic carboxylic acids is 1. The molecule has 0 saturated carbocycles. The number of carboxylic acid groups (broad SMARTS) is 1. The first kappa shape index (κ1) is 17.1. The van der Waals surface area contributed by atoms with Crippen LogP contribution in [0.5, 0.6) is 0 Å². The van der Waals surface area contributed by atoms with Gasteiger partial charge in [-0.15, -0.1) is 0 Å². The van der Waals surface area contributed by atoms with Crippen LogP contribution in [0.15, 0.2) is 24.3 Å². The van der Waals surface area contributed by atoms with Crippen molar-refractivity contribution in [2.45, 2.75) is 6.42 Å². The van der Waals surface area contributed by atoms with E-state index in [1.807, 2.05) is 0 Å². The molecule has 3 N–H and O–H groups in total. The largest absolute Gasteiger partial charge is 0.481 e. The highest BCUT2D eigenvalue weighted by atomic mass is 35.5. The Labute approximate surface area is 138 Å². The average molecular weight is 340 g/mol. The SMILES string of the molecule is O=C(NCCNC(=O)N1CCC(C(=O)O)C1)c1ccccc1Cl. The summed E-state index contributed by atoms with van der Waals surface area (Å²) in [5.41, 5.74) is 0.379. The lowest BCUT2D eigenvalue weighted by Crippen LogP contribution is -2.42. The van der Waals surface area contributed by atoms with Crippen LogP contribution in [-0.4, -0.2) is 54.1 Å². The standard InChI is InChI=1S/C15H18ClN3O4/c16-12-4-2-1-3-11(12)13(20)17-6-7-18-15(23)19-8-5-10(9-19)14(21)22/h1-4,10H,5-9H2,(H,17,20)(H,18,23)(H,21,22). The van der Waals surface area contributed by atoms with Crippen LogP contribution >= 0.6 is 11.6 Å². The lowest BCUT2D eigenvalue weighted by molar-refractivity contribution is -0.141. The monoisotopic (exact) mass is 339 g/mol. The minimum atomic E-state index is -0.882. The predicted molar refractivity (Wildman–Crippen MR) is 84.5 cm³/mol. The lowest BCUT2D eigenvalue weighted by atomic mass is 10.1. The molecule has 1 atom stereocenters. The van der Waals surface area contributed by atoms with Gasteiger partial charge in [0, 0.05) is 26.2 Å². The van der Waals surface area contributed by atoms with Gasteiger partial charge < -0.3 is 20.6 Å². The predicted octanol–water partition coefficient (Wildman–Crippen LogP) is 1.19. The van der Waals surface area contributed by atoms with Crippen molar-refractivity contribution in [3.63, 3.8) is 0 Å². The zero-order valence-electron chi connectivity index (χ0n) is 12.4. The van der Waals surface area contributed by atoms with Gasteiger partial charge in [-0.05, 0) is 18.6 Å². The minimum Gasteiger partial charge on any atom is -0.481 e. The van der Waals surface area contributed by atoms with E-state index in [0.29, 0.717) is 23.6 Å². The molecule has 0 radical (unpaired) electrons. The zero-order chi connectivity index (χ0) is 16.8. The normalized spacial score (nSPS) is 16.9. The second-order valence-corrected chi connectivity index (χ2v) is 5.64. The number of halogens is 1. The summed E-state index contributed by atoms with van der Waals surface area (Å²) in [5, 5.41) is 14.6. The van der Waals surface area contributed by atoms with Gasteiger partial charge in [-0.25, -0.2) is 4.79 Å². The van der Waals surface area contributed by atoms with Crippen LogP contribution in [0.3, 0.4) is 0 Å². The average Bonchev–Trinajstić information content (AvgIpc) is 3.02. The number of likely N-dealkylation sites (tertiary alicyclic amines) is 1. The van der Waals surface area contributed by atoms with Gasteiger partial charge in [0.15, 0.2) is 0 Å². The number of hydrogen-bond donors (Lipinski definition) is 3. The Morgan fingerprint density at radius 2 is 1.91 bits per heavy atom. The van der Waals surface area contributed by atoms with Gasteiger partial charge >= 0.3 is 12.0 Å². The Morgan fingerprint density at radius 3 is 2.57 bits per heavy atom. The van der Waals surface area contributed by atoms with Crippen molar-refractivity contribution in [2.24, 2.45) is 5.92 Å². The summed E-state index contributed by atoms with van der Waals surface area (Å²) < 4.78 is 0. The second-order valence-electron chi connectivity index (χ2n) is 5.24. The molecule has 3 amide bonds. The number of carbonyl (C=O) groups excluding carboxylic acids is 2. The molecular formula is C15H18ClN3O4. The van der Waals surface area contributed by atoms with Crippen LogP contribution in [0.4, 0.5) is 4.79 Å². The van der Waals surface area contributed by atoms with E-state index in [-0.39, 0.29) is 31.6 Å². The van der Waals surface area contributed by atoms with Gasteiger partial charge in [-0.1, -0.05) is 23.7 Å². The number of carbonyl (C=O) groups is 3. The zero-order valence-corrected chi connectivity index (χ0v) is 13.2. The third-order valence-electron chi connectivity index (χ3n) is 3.63. The minimum absolute atomic E-state index is 0.215. The molecule has 1 aliphatic heterocycles. The highest BCUT2D eigenvalue weighted by Gasteiger charge is 2.30. The van der Waals surface area contributed by atoms with E-state index in [9.17, 15) is 14.4 Å². The van der Waals surface area contributed by atoms with E-state index in [1.165, 1.54) is 4.90 Å². The summed E-state index contributed by atoms with van der Waals surface area (Å²) in [6.45, 7) is 1.15. The number of nitrogens with one attached hydrogen (secondary N) is 2. The summed E-state index contributed by atoms with van der Waals surface area (Å²) in [6.07, 6.45) is 0.464. The smallest absolute Gasteiger partial charge is 0.317 e. The molecule has 0 spiro atoms. The molecule has 1 saturated heterocycles. The molecule has 0 bridgehead atoms. The van der Waals surface area contributed by atoms with Crippen LogP contribution in [-0.2, 0) is 4.79 Å². The summed E-state index contributed by atoms with van der Waals surface area (Å²) in [4.78, 5) is 36.1. The third-order valence-corrected chi connectivity index (χ3v) is 3.96. The number of urea groups is 1. The molecule has 2 rings (SSSR count). The lowest BCUT2D eigenvalue weighted by Gasteiger charge is -2.16. The van der Waals surface area contributed by atoms with E-state index in [4.69, 9.17) is 16.7 Å². The third kappa shape index (κ3) is 4.59. The summed E-state index contributed by atoms with van der Waals surface area (Å²) in [7, 11) is 0. The Bertz CT molecular complexity index is 608. The van der Waals surface area contributed by atoms with E-state index >= 15 is 0 Å². The molecule has 124 valence electrons. The van der Waals surface area contributed by atoms with Gasteiger partial charge in [0.25, 0.3) is 5.91 Å². The van der Waals surface area contributed by atoms with Crippen molar-refractivity contribution in [3.05, 3.63) is 34.9 Å². The molecule has 8 heteroatoms. The van der Waals surface area contributed by atoms with Crippen molar-refractivity contribution in [3.8, 4) is 0 Å². The molecule has 1 aromatic rings. The maximum atomic E-state index is 11.9. The maximum Gasteiger partial charge on any atom is 0.317 e. The maximum absolute atomic E-state index is 11.9. The summed E-state index contributed by atoms with van der Waals surface area (Å²) >= 11 is 5.92. The first-order valence-electron chi connectivity index (χ1n) is 7.27. The number of hydrogen-bond acceptors (Lipinski definition) is 3. The van der Waals surface area contributed by atoms with Crippen molar-refractivity contribution < 1.29 is 19.5 Å². The first-order valence-corrected chi connectivity index (χ1v) is 7.65. The van der Waals surface area contributed by atoms with Gasteiger partial charge in [0.2, 0.25) is 0 Å². The quantitative estimate of drug-likeness (QED) is 0.702. The molecule has 1 unspecified atom stereocenters. The van der Waals surface area contributed by atoms with Crippen LogP contribution in [0.1, 0.15) is 16.8 Å².